The minimum Gasteiger partial charge on any atom is -0.482 e. The Bertz CT molecular complexity index is 613. The lowest BCUT2D eigenvalue weighted by atomic mass is 10.2. The van der Waals surface area contributed by atoms with Crippen LogP contribution in [0.1, 0.15) is 18.7 Å². The van der Waals surface area contributed by atoms with Crippen LogP contribution in [0.4, 0.5) is 0 Å². The fourth-order valence-electron chi connectivity index (χ4n) is 1.77. The third-order valence-corrected chi connectivity index (χ3v) is 3.70. The SMILES string of the molecule is CC(c1ccco1)N(C)C(=O)COc1ccc(Cl)cc1Cl. The van der Waals surface area contributed by atoms with Crippen molar-refractivity contribution in [1.82, 2.24) is 4.90 Å². The molecule has 112 valence electrons. The highest BCUT2D eigenvalue weighted by Crippen LogP contribution is 2.27. The molecular formula is C15H15Cl2NO3. The molecule has 1 heterocycles. The molecule has 4 nitrogen and oxygen atoms in total. The fourth-order valence-corrected chi connectivity index (χ4v) is 2.23. The molecule has 0 saturated heterocycles. The molecule has 2 rings (SSSR count). The van der Waals surface area contributed by atoms with E-state index >= 15 is 0 Å². The highest BCUT2D eigenvalue weighted by molar-refractivity contribution is 6.35. The van der Waals surface area contributed by atoms with Crippen molar-refractivity contribution in [1.29, 1.82) is 0 Å². The zero-order chi connectivity index (χ0) is 15.4. The van der Waals surface area contributed by atoms with Gasteiger partial charge in [-0.15, -0.1) is 0 Å². The Labute approximate surface area is 133 Å². The molecule has 0 N–H and O–H groups in total. The fraction of sp³-hybridized carbons (Fsp3) is 0.267. The van der Waals surface area contributed by atoms with E-state index in [1.54, 1.807) is 42.5 Å². The average Bonchev–Trinajstić information content (AvgIpc) is 2.98. The molecule has 0 fully saturated rings. The van der Waals surface area contributed by atoms with Gasteiger partial charge >= 0.3 is 0 Å². The Balaban J connectivity index is 1.95. The van der Waals surface area contributed by atoms with E-state index in [2.05, 4.69) is 0 Å². The van der Waals surface area contributed by atoms with Crippen molar-refractivity contribution in [3.8, 4) is 5.75 Å². The smallest absolute Gasteiger partial charge is 0.260 e. The van der Waals surface area contributed by atoms with Gasteiger partial charge < -0.3 is 14.1 Å². The predicted molar refractivity (Wildman–Crippen MR) is 81.9 cm³/mol. The maximum absolute atomic E-state index is 12.1. The van der Waals surface area contributed by atoms with Crippen LogP contribution in [0.5, 0.6) is 5.75 Å². The molecule has 2 aromatic rings. The first kappa shape index (κ1) is 15.7. The minimum absolute atomic E-state index is 0.108. The minimum atomic E-state index is -0.176. The second-order valence-corrected chi connectivity index (χ2v) is 5.40. The molecule has 1 unspecified atom stereocenters. The van der Waals surface area contributed by atoms with Crippen LogP contribution in [0, 0.1) is 0 Å². The number of hydrogen-bond acceptors (Lipinski definition) is 3. The van der Waals surface area contributed by atoms with E-state index in [9.17, 15) is 4.79 Å². The molecule has 0 aliphatic heterocycles. The second-order valence-electron chi connectivity index (χ2n) is 4.56. The van der Waals surface area contributed by atoms with Crippen molar-refractivity contribution in [2.45, 2.75) is 13.0 Å². The van der Waals surface area contributed by atoms with Crippen molar-refractivity contribution >= 4 is 29.1 Å². The third-order valence-electron chi connectivity index (χ3n) is 3.17. The number of hydrogen-bond donors (Lipinski definition) is 0. The molecule has 0 spiro atoms. The molecule has 1 aromatic carbocycles. The number of benzene rings is 1. The summed E-state index contributed by atoms with van der Waals surface area (Å²) in [7, 11) is 1.70. The summed E-state index contributed by atoms with van der Waals surface area (Å²) in [4.78, 5) is 13.7. The van der Waals surface area contributed by atoms with E-state index in [-0.39, 0.29) is 18.6 Å². The summed E-state index contributed by atoms with van der Waals surface area (Å²) in [5.74, 6) is 0.966. The zero-order valence-electron chi connectivity index (χ0n) is 11.7. The van der Waals surface area contributed by atoms with Crippen molar-refractivity contribution < 1.29 is 13.9 Å². The van der Waals surface area contributed by atoms with Gasteiger partial charge in [-0.2, -0.15) is 0 Å². The maximum atomic E-state index is 12.1. The Morgan fingerprint density at radius 2 is 2.14 bits per heavy atom. The quantitative estimate of drug-likeness (QED) is 0.827. The van der Waals surface area contributed by atoms with Gasteiger partial charge in [0.05, 0.1) is 17.3 Å². The molecule has 0 radical (unpaired) electrons. The number of halogens is 2. The molecular weight excluding hydrogens is 313 g/mol. The Morgan fingerprint density at radius 1 is 1.38 bits per heavy atom. The number of furan rings is 1. The molecule has 0 saturated carbocycles. The van der Waals surface area contributed by atoms with Crippen molar-refractivity contribution in [2.75, 3.05) is 13.7 Å². The number of carbonyl (C=O) groups excluding carboxylic acids is 1. The van der Waals surface area contributed by atoms with Crippen molar-refractivity contribution in [2.24, 2.45) is 0 Å². The van der Waals surface area contributed by atoms with Gasteiger partial charge in [0.25, 0.3) is 5.91 Å². The largest absolute Gasteiger partial charge is 0.482 e. The monoisotopic (exact) mass is 327 g/mol. The lowest BCUT2D eigenvalue weighted by Gasteiger charge is -2.23. The number of ether oxygens (including phenoxy) is 1. The van der Waals surface area contributed by atoms with Crippen LogP contribution in [-0.2, 0) is 4.79 Å². The maximum Gasteiger partial charge on any atom is 0.260 e. The van der Waals surface area contributed by atoms with Gasteiger partial charge in [0.2, 0.25) is 0 Å². The summed E-state index contributed by atoms with van der Waals surface area (Å²) in [6, 6.07) is 8.30. The van der Waals surface area contributed by atoms with Crippen LogP contribution in [0.3, 0.4) is 0 Å². The Hall–Kier alpha value is -1.65. The third kappa shape index (κ3) is 3.93. The van der Waals surface area contributed by atoms with Crippen LogP contribution in [0.2, 0.25) is 10.0 Å². The van der Waals surface area contributed by atoms with Crippen molar-refractivity contribution in [3.05, 3.63) is 52.4 Å². The average molecular weight is 328 g/mol. The molecule has 21 heavy (non-hydrogen) atoms. The van der Waals surface area contributed by atoms with Gasteiger partial charge in [-0.05, 0) is 37.3 Å². The van der Waals surface area contributed by atoms with E-state index in [1.165, 1.54) is 0 Å². The summed E-state index contributed by atoms with van der Waals surface area (Å²) in [5, 5.41) is 0.888. The summed E-state index contributed by atoms with van der Waals surface area (Å²) in [5.41, 5.74) is 0. The number of likely N-dealkylation sites (N-methyl/N-ethyl adjacent to an activating group) is 1. The number of rotatable bonds is 5. The van der Waals surface area contributed by atoms with E-state index in [0.29, 0.717) is 15.8 Å². The van der Waals surface area contributed by atoms with Gasteiger partial charge in [0.1, 0.15) is 11.5 Å². The van der Waals surface area contributed by atoms with E-state index in [1.807, 2.05) is 13.0 Å². The number of carbonyl (C=O) groups is 1. The molecule has 0 aliphatic rings. The van der Waals surface area contributed by atoms with Crippen LogP contribution in [0.15, 0.2) is 41.0 Å². The molecule has 0 aliphatic carbocycles. The summed E-state index contributed by atoms with van der Waals surface area (Å²) in [6.45, 7) is 1.77. The first-order chi connectivity index (χ1) is 9.99. The Morgan fingerprint density at radius 3 is 2.76 bits per heavy atom. The van der Waals surface area contributed by atoms with E-state index in [0.717, 1.165) is 5.76 Å². The van der Waals surface area contributed by atoms with Crippen LogP contribution in [-0.4, -0.2) is 24.5 Å². The highest BCUT2D eigenvalue weighted by Gasteiger charge is 2.20. The first-order valence-corrected chi connectivity index (χ1v) is 7.11. The van der Waals surface area contributed by atoms with Crippen molar-refractivity contribution in [3.63, 3.8) is 0 Å². The van der Waals surface area contributed by atoms with Crippen LogP contribution in [0.25, 0.3) is 0 Å². The summed E-state index contributed by atoms with van der Waals surface area (Å²) in [6.07, 6.45) is 1.58. The lowest BCUT2D eigenvalue weighted by Crippen LogP contribution is -2.33. The first-order valence-electron chi connectivity index (χ1n) is 6.36. The normalized spacial score (nSPS) is 12.0. The zero-order valence-corrected chi connectivity index (χ0v) is 13.2. The molecule has 0 bridgehead atoms. The number of nitrogens with zero attached hydrogens (tertiary/aromatic N) is 1. The highest BCUT2D eigenvalue weighted by atomic mass is 35.5. The molecule has 6 heteroatoms. The van der Waals surface area contributed by atoms with Gasteiger partial charge in [-0.1, -0.05) is 23.2 Å². The lowest BCUT2D eigenvalue weighted by molar-refractivity contribution is -0.134. The molecule has 1 aromatic heterocycles. The number of amides is 1. The van der Waals surface area contributed by atoms with E-state index in [4.69, 9.17) is 32.4 Å². The Kier molecular flexibility index (Phi) is 5.15. The van der Waals surface area contributed by atoms with Gasteiger partial charge in [-0.3, -0.25) is 4.79 Å². The summed E-state index contributed by atoms with van der Waals surface area (Å²) >= 11 is 11.8. The van der Waals surface area contributed by atoms with Gasteiger partial charge in [0.15, 0.2) is 6.61 Å². The topological polar surface area (TPSA) is 42.7 Å². The van der Waals surface area contributed by atoms with E-state index < -0.39 is 0 Å². The van der Waals surface area contributed by atoms with Gasteiger partial charge in [0, 0.05) is 12.1 Å². The second kappa shape index (κ2) is 6.87. The molecule has 1 atom stereocenters. The predicted octanol–water partition coefficient (Wildman–Crippen LogP) is 4.18. The summed E-state index contributed by atoms with van der Waals surface area (Å²) < 4.78 is 10.7. The van der Waals surface area contributed by atoms with Crippen LogP contribution >= 0.6 is 23.2 Å². The standard InChI is InChI=1S/C15H15Cl2NO3/c1-10(13-4-3-7-20-13)18(2)15(19)9-21-14-6-5-11(16)8-12(14)17/h3-8,10H,9H2,1-2H3. The van der Waals surface area contributed by atoms with Gasteiger partial charge in [-0.25, -0.2) is 0 Å². The van der Waals surface area contributed by atoms with Crippen LogP contribution < -0.4 is 4.74 Å². The molecule has 1 amide bonds.